The fourth-order valence-electron chi connectivity index (χ4n) is 3.18. The van der Waals surface area contributed by atoms with Crippen LogP contribution in [0, 0.1) is 0 Å². The highest BCUT2D eigenvalue weighted by molar-refractivity contribution is 8.00. The van der Waals surface area contributed by atoms with E-state index in [1.165, 1.54) is 11.9 Å². The second-order valence-electron chi connectivity index (χ2n) is 7.17. The molecule has 0 saturated carbocycles. The maximum Gasteiger partial charge on any atom is 0.335 e. The van der Waals surface area contributed by atoms with Crippen molar-refractivity contribution < 1.29 is 19.2 Å². The van der Waals surface area contributed by atoms with E-state index in [1.54, 1.807) is 25.3 Å². The Kier molecular flexibility index (Phi) is 6.02. The third-order valence-electron chi connectivity index (χ3n) is 4.67. The second-order valence-corrected chi connectivity index (χ2v) is 9.40. The average molecular weight is 421 g/mol. The van der Waals surface area contributed by atoms with Crippen LogP contribution in [0.4, 0.5) is 11.4 Å². The topological polar surface area (TPSA) is 89.9 Å². The fraction of sp³-hybridized carbons (Fsp3) is 0.350. The van der Waals surface area contributed by atoms with Gasteiger partial charge in [-0.05, 0) is 61.2 Å². The maximum atomic E-state index is 11.9. The molecular formula is C20H24N2O4S2. The average Bonchev–Trinajstić information content (AvgIpc) is 2.63. The molecule has 3 N–H and O–H groups in total. The van der Waals surface area contributed by atoms with Crippen LogP contribution in [0.2, 0.25) is 0 Å². The molecule has 0 aromatic heterocycles. The van der Waals surface area contributed by atoms with Gasteiger partial charge in [0.2, 0.25) is 0 Å². The maximum absolute atomic E-state index is 11.9. The molecule has 2 aromatic carbocycles. The van der Waals surface area contributed by atoms with Gasteiger partial charge in [0, 0.05) is 39.9 Å². The number of carboxylic acids is 1. The molecule has 1 aliphatic heterocycles. The van der Waals surface area contributed by atoms with Crippen molar-refractivity contribution in [3.05, 3.63) is 47.5 Å². The predicted molar refractivity (Wildman–Crippen MR) is 114 cm³/mol. The second kappa shape index (κ2) is 8.14. The van der Waals surface area contributed by atoms with Gasteiger partial charge in [0.15, 0.2) is 0 Å². The lowest BCUT2D eigenvalue weighted by Gasteiger charge is -2.46. The summed E-state index contributed by atoms with van der Waals surface area (Å²) in [4.78, 5) is 14.9. The van der Waals surface area contributed by atoms with E-state index in [9.17, 15) is 19.2 Å². The number of rotatable bonds is 7. The first kappa shape index (κ1) is 20.7. The molecule has 150 valence electrons. The van der Waals surface area contributed by atoms with Gasteiger partial charge in [-0.15, -0.1) is 0 Å². The van der Waals surface area contributed by atoms with Crippen LogP contribution in [0.1, 0.15) is 29.8 Å². The Hall–Kier alpha value is -2.03. The molecule has 1 saturated heterocycles. The van der Waals surface area contributed by atoms with Crippen LogP contribution in [0.5, 0.6) is 0 Å². The summed E-state index contributed by atoms with van der Waals surface area (Å²) in [6, 6.07) is 10.7. The van der Waals surface area contributed by atoms with Gasteiger partial charge in [-0.3, -0.25) is 4.21 Å². The van der Waals surface area contributed by atoms with Crippen LogP contribution in [0.3, 0.4) is 0 Å². The van der Waals surface area contributed by atoms with Crippen molar-refractivity contribution in [3.8, 4) is 0 Å². The number of aliphatic hydroxyl groups is 1. The minimum absolute atomic E-state index is 0.240. The molecule has 0 aliphatic carbocycles. The molecule has 0 spiro atoms. The lowest BCUT2D eigenvalue weighted by Crippen LogP contribution is -2.60. The van der Waals surface area contributed by atoms with Gasteiger partial charge in [0.25, 0.3) is 0 Å². The van der Waals surface area contributed by atoms with E-state index in [0.29, 0.717) is 18.0 Å². The highest BCUT2D eigenvalue weighted by Crippen LogP contribution is 2.37. The fourth-order valence-corrected chi connectivity index (χ4v) is 4.64. The number of benzene rings is 2. The molecule has 1 heterocycles. The third kappa shape index (κ3) is 4.51. The molecule has 8 heteroatoms. The van der Waals surface area contributed by atoms with Gasteiger partial charge in [-0.2, -0.15) is 0 Å². The summed E-state index contributed by atoms with van der Waals surface area (Å²) in [5, 5.41) is 19.3. The number of β-amino-alcohol motifs (C(OH)–C–C–N with tert-alkyl or cyclic N) is 1. The van der Waals surface area contributed by atoms with E-state index in [-0.39, 0.29) is 5.56 Å². The van der Waals surface area contributed by atoms with Crippen LogP contribution >= 0.6 is 11.9 Å². The SMILES string of the molecule is CCc1ccc(C(=O)O)cc1SNc1cc(S(C)=O)ccc1N1CC(C)(O)C1. The van der Waals surface area contributed by atoms with Crippen molar-refractivity contribution in [1.29, 1.82) is 0 Å². The number of nitrogens with zero attached hydrogens (tertiary/aromatic N) is 1. The lowest BCUT2D eigenvalue weighted by atomic mass is 9.96. The summed E-state index contributed by atoms with van der Waals surface area (Å²) in [5.41, 5.74) is 2.29. The Balaban J connectivity index is 1.89. The Morgan fingerprint density at radius 2 is 2.00 bits per heavy atom. The van der Waals surface area contributed by atoms with Gasteiger partial charge >= 0.3 is 5.97 Å². The van der Waals surface area contributed by atoms with Gasteiger partial charge in [-0.25, -0.2) is 4.79 Å². The summed E-state index contributed by atoms with van der Waals surface area (Å²) in [7, 11) is -1.12. The molecule has 0 amide bonds. The van der Waals surface area contributed by atoms with Crippen molar-refractivity contribution in [1.82, 2.24) is 0 Å². The van der Waals surface area contributed by atoms with Crippen molar-refractivity contribution in [2.45, 2.75) is 35.7 Å². The minimum atomic E-state index is -1.12. The number of hydrogen-bond acceptors (Lipinski definition) is 6. The standard InChI is InChI=1S/C20H24N2O4S2/c1-4-13-5-6-14(19(23)24)9-18(13)27-21-16-10-15(28(3)26)7-8-17(16)22-11-20(2,25)12-22/h5-10,21,25H,4,11-12H2,1-3H3,(H,23,24). The van der Waals surface area contributed by atoms with Gasteiger partial charge < -0.3 is 19.8 Å². The Bertz CT molecular complexity index is 922. The highest BCUT2D eigenvalue weighted by atomic mass is 32.2. The molecule has 1 fully saturated rings. The molecule has 6 nitrogen and oxygen atoms in total. The van der Waals surface area contributed by atoms with Gasteiger partial charge in [0.05, 0.1) is 22.5 Å². The number of carbonyl (C=O) groups is 1. The molecule has 0 bridgehead atoms. The zero-order chi connectivity index (χ0) is 20.5. The first-order chi connectivity index (χ1) is 13.2. The quantitative estimate of drug-likeness (QED) is 0.592. The van der Waals surface area contributed by atoms with Crippen LogP contribution in [-0.4, -0.2) is 45.3 Å². The van der Waals surface area contributed by atoms with Crippen molar-refractivity contribution >= 4 is 40.1 Å². The number of aryl methyl sites for hydroxylation is 1. The Morgan fingerprint density at radius 1 is 1.29 bits per heavy atom. The van der Waals surface area contributed by atoms with E-state index in [0.717, 1.165) is 28.3 Å². The van der Waals surface area contributed by atoms with Crippen molar-refractivity contribution in [3.63, 3.8) is 0 Å². The predicted octanol–water partition coefficient (Wildman–Crippen LogP) is 3.37. The Morgan fingerprint density at radius 3 is 2.57 bits per heavy atom. The lowest BCUT2D eigenvalue weighted by molar-refractivity contribution is 0.0311. The summed E-state index contributed by atoms with van der Waals surface area (Å²) in [6.07, 6.45) is 2.41. The van der Waals surface area contributed by atoms with Crippen molar-refractivity contribution in [2.75, 3.05) is 29.0 Å². The molecule has 3 rings (SSSR count). The summed E-state index contributed by atoms with van der Waals surface area (Å²) < 4.78 is 15.2. The van der Waals surface area contributed by atoms with E-state index in [1.807, 2.05) is 31.2 Å². The van der Waals surface area contributed by atoms with Gasteiger partial charge in [0.1, 0.15) is 0 Å². The molecule has 1 atom stereocenters. The summed E-state index contributed by atoms with van der Waals surface area (Å²) in [6.45, 7) is 4.87. The molecule has 28 heavy (non-hydrogen) atoms. The molecular weight excluding hydrogens is 396 g/mol. The zero-order valence-electron chi connectivity index (χ0n) is 16.1. The third-order valence-corrected chi connectivity index (χ3v) is 6.51. The number of aromatic carboxylic acids is 1. The molecule has 1 aliphatic rings. The largest absolute Gasteiger partial charge is 0.478 e. The van der Waals surface area contributed by atoms with Crippen LogP contribution < -0.4 is 9.62 Å². The van der Waals surface area contributed by atoms with Crippen LogP contribution in [0.25, 0.3) is 0 Å². The first-order valence-corrected chi connectivity index (χ1v) is 11.3. The molecule has 2 aromatic rings. The highest BCUT2D eigenvalue weighted by Gasteiger charge is 2.37. The van der Waals surface area contributed by atoms with E-state index in [4.69, 9.17) is 0 Å². The van der Waals surface area contributed by atoms with E-state index >= 15 is 0 Å². The summed E-state index contributed by atoms with van der Waals surface area (Å²) >= 11 is 1.34. The Labute approximate surface area is 171 Å². The number of hydrogen-bond donors (Lipinski definition) is 3. The molecule has 1 unspecified atom stereocenters. The zero-order valence-corrected chi connectivity index (χ0v) is 17.7. The normalized spacial score (nSPS) is 16.4. The van der Waals surface area contributed by atoms with E-state index < -0.39 is 22.4 Å². The van der Waals surface area contributed by atoms with Crippen LogP contribution in [0.15, 0.2) is 46.2 Å². The number of anilines is 2. The first-order valence-electron chi connectivity index (χ1n) is 8.94. The van der Waals surface area contributed by atoms with E-state index in [2.05, 4.69) is 9.62 Å². The van der Waals surface area contributed by atoms with Crippen LogP contribution in [-0.2, 0) is 17.2 Å². The smallest absolute Gasteiger partial charge is 0.335 e. The summed E-state index contributed by atoms with van der Waals surface area (Å²) in [5.74, 6) is -0.962. The van der Waals surface area contributed by atoms with Gasteiger partial charge in [-0.1, -0.05) is 13.0 Å². The van der Waals surface area contributed by atoms with Crippen molar-refractivity contribution in [2.24, 2.45) is 0 Å². The minimum Gasteiger partial charge on any atom is -0.478 e. The number of carboxylic acid groups (broad SMARTS) is 1. The monoisotopic (exact) mass is 420 g/mol. The molecule has 0 radical (unpaired) electrons. The number of nitrogens with one attached hydrogen (secondary N) is 1.